The average molecular weight is 490 g/mol. The van der Waals surface area contributed by atoms with Gasteiger partial charge >= 0.3 is 8.25 Å². The van der Waals surface area contributed by atoms with Crippen molar-refractivity contribution in [3.8, 4) is 0 Å². The number of hydrogen-bond donors (Lipinski definition) is 2. The molecule has 1 unspecified atom stereocenters. The molecule has 0 radical (unpaired) electrons. The van der Waals surface area contributed by atoms with Gasteiger partial charge in [0.1, 0.15) is 17.5 Å². The third-order valence-corrected chi connectivity index (χ3v) is 6.79. The SMILES string of the molecule is CC(C)(CCCCSc1cc(F)c(CNCCCO[PH](=O)O)cc1F)c1ccc(F)cc1. The Bertz CT molecular complexity index is 882. The molecule has 0 heterocycles. The minimum Gasteiger partial charge on any atom is -0.326 e. The molecule has 0 aliphatic rings. The van der Waals surface area contributed by atoms with E-state index >= 15 is 0 Å². The lowest BCUT2D eigenvalue weighted by Gasteiger charge is -2.25. The number of unbranched alkanes of at least 4 members (excludes halogenated alkanes) is 1. The zero-order valence-electron chi connectivity index (χ0n) is 18.4. The van der Waals surface area contributed by atoms with E-state index in [2.05, 4.69) is 23.7 Å². The van der Waals surface area contributed by atoms with Gasteiger partial charge in [0.05, 0.1) is 6.61 Å². The molecular weight excluding hydrogens is 458 g/mol. The summed E-state index contributed by atoms with van der Waals surface area (Å²) in [7, 11) is -2.93. The first-order valence-electron chi connectivity index (χ1n) is 10.6. The van der Waals surface area contributed by atoms with Crippen LogP contribution < -0.4 is 5.32 Å². The Morgan fingerprint density at radius 1 is 1.06 bits per heavy atom. The molecule has 0 bridgehead atoms. The maximum absolute atomic E-state index is 14.4. The molecule has 0 aliphatic heterocycles. The van der Waals surface area contributed by atoms with Crippen LogP contribution in [0.3, 0.4) is 0 Å². The zero-order valence-corrected chi connectivity index (χ0v) is 20.2. The fraction of sp³-hybridized carbons (Fsp3) is 0.478. The minimum atomic E-state index is -2.93. The Balaban J connectivity index is 1.73. The number of halogens is 3. The Morgan fingerprint density at radius 3 is 2.47 bits per heavy atom. The Morgan fingerprint density at radius 2 is 1.78 bits per heavy atom. The van der Waals surface area contributed by atoms with Crippen LogP contribution in [0, 0.1) is 17.5 Å². The van der Waals surface area contributed by atoms with Crippen LogP contribution in [0.5, 0.6) is 0 Å². The first-order chi connectivity index (χ1) is 15.2. The monoisotopic (exact) mass is 489 g/mol. The molecule has 9 heteroatoms. The summed E-state index contributed by atoms with van der Waals surface area (Å²) in [6, 6.07) is 9.01. The second-order valence-electron chi connectivity index (χ2n) is 8.22. The Kier molecular flexibility index (Phi) is 11.3. The molecular formula is C23H31F3NO3PS. The van der Waals surface area contributed by atoms with E-state index in [9.17, 15) is 17.7 Å². The second-order valence-corrected chi connectivity index (χ2v) is 10.2. The molecule has 0 amide bonds. The van der Waals surface area contributed by atoms with Crippen molar-refractivity contribution in [1.29, 1.82) is 0 Å². The van der Waals surface area contributed by atoms with E-state index in [0.29, 0.717) is 23.6 Å². The Hall–Kier alpha value is -1.31. The van der Waals surface area contributed by atoms with Crippen LogP contribution in [-0.2, 0) is 21.0 Å². The number of nitrogens with one attached hydrogen (secondary N) is 1. The van der Waals surface area contributed by atoms with Crippen LogP contribution >= 0.6 is 20.0 Å². The van der Waals surface area contributed by atoms with E-state index in [0.717, 1.165) is 24.8 Å². The minimum absolute atomic E-state index is 0.0767. The summed E-state index contributed by atoms with van der Waals surface area (Å²) in [5, 5.41) is 2.97. The first kappa shape index (κ1) is 26.9. The van der Waals surface area contributed by atoms with Crippen LogP contribution in [-0.4, -0.2) is 23.8 Å². The van der Waals surface area contributed by atoms with Crippen molar-refractivity contribution in [3.63, 3.8) is 0 Å². The van der Waals surface area contributed by atoms with E-state index < -0.39 is 19.9 Å². The van der Waals surface area contributed by atoms with Gasteiger partial charge in [-0.25, -0.2) is 13.2 Å². The molecule has 0 spiro atoms. The van der Waals surface area contributed by atoms with Crippen LogP contribution in [0.25, 0.3) is 0 Å². The lowest BCUT2D eigenvalue weighted by molar-refractivity contribution is 0.276. The number of benzene rings is 2. The van der Waals surface area contributed by atoms with Crippen molar-refractivity contribution in [1.82, 2.24) is 5.32 Å². The van der Waals surface area contributed by atoms with Gasteiger partial charge in [-0.15, -0.1) is 11.8 Å². The van der Waals surface area contributed by atoms with Crippen LogP contribution in [0.2, 0.25) is 0 Å². The van der Waals surface area contributed by atoms with Gasteiger partial charge in [0, 0.05) is 17.0 Å². The largest absolute Gasteiger partial charge is 0.326 e. The van der Waals surface area contributed by atoms with Crippen molar-refractivity contribution in [2.24, 2.45) is 0 Å². The van der Waals surface area contributed by atoms with Gasteiger partial charge in [-0.1, -0.05) is 32.4 Å². The van der Waals surface area contributed by atoms with Gasteiger partial charge in [0.2, 0.25) is 0 Å². The van der Waals surface area contributed by atoms with E-state index in [4.69, 9.17) is 4.89 Å². The molecule has 4 nitrogen and oxygen atoms in total. The summed E-state index contributed by atoms with van der Waals surface area (Å²) in [6.07, 6.45) is 3.20. The maximum atomic E-state index is 14.4. The fourth-order valence-electron chi connectivity index (χ4n) is 3.29. The van der Waals surface area contributed by atoms with Gasteiger partial charge < -0.3 is 14.7 Å². The molecule has 2 aromatic carbocycles. The summed E-state index contributed by atoms with van der Waals surface area (Å²) in [5.41, 5.74) is 1.25. The lowest BCUT2D eigenvalue weighted by Crippen LogP contribution is -2.17. The summed E-state index contributed by atoms with van der Waals surface area (Å²) in [6.45, 7) is 5.00. The summed E-state index contributed by atoms with van der Waals surface area (Å²) < 4.78 is 56.8. The third-order valence-electron chi connectivity index (χ3n) is 5.22. The predicted molar refractivity (Wildman–Crippen MR) is 124 cm³/mol. The molecule has 2 aromatic rings. The molecule has 0 fully saturated rings. The highest BCUT2D eigenvalue weighted by Crippen LogP contribution is 2.31. The number of thioether (sulfide) groups is 1. The highest BCUT2D eigenvalue weighted by atomic mass is 32.2. The van der Waals surface area contributed by atoms with Crippen molar-refractivity contribution >= 4 is 20.0 Å². The maximum Gasteiger partial charge on any atom is 0.316 e. The van der Waals surface area contributed by atoms with E-state index in [1.807, 2.05) is 12.1 Å². The van der Waals surface area contributed by atoms with Crippen LogP contribution in [0.4, 0.5) is 13.2 Å². The molecule has 0 aliphatic carbocycles. The lowest BCUT2D eigenvalue weighted by atomic mass is 9.80. The molecule has 0 saturated heterocycles. The highest BCUT2D eigenvalue weighted by molar-refractivity contribution is 7.99. The van der Waals surface area contributed by atoms with Gasteiger partial charge in [-0.05, 0) is 66.8 Å². The molecule has 0 aromatic heterocycles. The average Bonchev–Trinajstić information content (AvgIpc) is 2.73. The molecule has 32 heavy (non-hydrogen) atoms. The van der Waals surface area contributed by atoms with Gasteiger partial charge in [-0.2, -0.15) is 0 Å². The summed E-state index contributed by atoms with van der Waals surface area (Å²) >= 11 is 1.30. The standard InChI is InChI=1S/C23H31F3NO3PS/c1-23(2,18-6-8-19(24)9-7-18)10-3-4-13-32-22-15-20(25)17(14-21(22)26)16-27-11-5-12-30-31(28)29/h6-9,14-15,27,31H,3-5,10-13,16H2,1-2H3,(H,28,29). The van der Waals surface area contributed by atoms with Crippen LogP contribution in [0.15, 0.2) is 41.3 Å². The number of rotatable bonds is 14. The second kappa shape index (κ2) is 13.4. The van der Waals surface area contributed by atoms with Crippen molar-refractivity contribution < 1.29 is 27.2 Å². The van der Waals surface area contributed by atoms with Crippen molar-refractivity contribution in [2.75, 3.05) is 18.9 Å². The van der Waals surface area contributed by atoms with Crippen molar-refractivity contribution in [3.05, 3.63) is 65.0 Å². The predicted octanol–water partition coefficient (Wildman–Crippen LogP) is 6.22. The normalized spacial score (nSPS) is 12.8. The van der Waals surface area contributed by atoms with Crippen LogP contribution in [0.1, 0.15) is 50.7 Å². The summed E-state index contributed by atoms with van der Waals surface area (Å²) in [5.74, 6) is -0.469. The molecule has 0 saturated carbocycles. The van der Waals surface area contributed by atoms with Gasteiger partial charge in [0.25, 0.3) is 0 Å². The zero-order chi connectivity index (χ0) is 23.6. The third kappa shape index (κ3) is 9.28. The van der Waals surface area contributed by atoms with E-state index in [1.165, 1.54) is 36.0 Å². The fourth-order valence-corrected chi connectivity index (χ4v) is 4.56. The Labute approximate surface area is 192 Å². The smallest absolute Gasteiger partial charge is 0.316 e. The molecule has 1 atom stereocenters. The molecule has 178 valence electrons. The van der Waals surface area contributed by atoms with E-state index in [-0.39, 0.29) is 29.9 Å². The molecule has 2 N–H and O–H groups in total. The molecule has 2 rings (SSSR count). The number of hydrogen-bond acceptors (Lipinski definition) is 4. The van der Waals surface area contributed by atoms with Gasteiger partial charge in [-0.3, -0.25) is 4.57 Å². The highest BCUT2D eigenvalue weighted by Gasteiger charge is 2.20. The van der Waals surface area contributed by atoms with Gasteiger partial charge in [0.15, 0.2) is 0 Å². The quantitative estimate of drug-likeness (QED) is 0.187. The van der Waals surface area contributed by atoms with E-state index in [1.54, 1.807) is 0 Å². The first-order valence-corrected chi connectivity index (χ1v) is 12.9. The van der Waals surface area contributed by atoms with Crippen molar-refractivity contribution in [2.45, 2.75) is 56.4 Å². The summed E-state index contributed by atoms with van der Waals surface area (Å²) in [4.78, 5) is 8.86. The topological polar surface area (TPSA) is 58.6 Å².